The van der Waals surface area contributed by atoms with Gasteiger partial charge in [-0.05, 0) is 55.7 Å². The normalized spacial score (nSPS) is 22.8. The number of benzene rings is 2. The molecule has 190 valence electrons. The van der Waals surface area contributed by atoms with Gasteiger partial charge in [0.2, 0.25) is 0 Å². The van der Waals surface area contributed by atoms with Crippen LogP contribution in [0.2, 0.25) is 0 Å². The van der Waals surface area contributed by atoms with E-state index in [9.17, 15) is 18.7 Å². The molecule has 2 aromatic heterocycles. The average Bonchev–Trinajstić information content (AvgIpc) is 3.33. The molecule has 3 aliphatic carbocycles. The second kappa shape index (κ2) is 9.14. The molecular weight excluding hydrogens is 478 g/mol. The summed E-state index contributed by atoms with van der Waals surface area (Å²) in [5.74, 6) is -1.02. The maximum absolute atomic E-state index is 14.4. The first-order valence-corrected chi connectivity index (χ1v) is 12.4. The minimum absolute atomic E-state index is 0.134. The molecule has 0 spiro atoms. The van der Waals surface area contributed by atoms with Gasteiger partial charge in [-0.2, -0.15) is 0 Å². The van der Waals surface area contributed by atoms with Gasteiger partial charge in [-0.1, -0.05) is 12.1 Å². The zero-order valence-electron chi connectivity index (χ0n) is 20.2. The molecule has 0 unspecified atom stereocenters. The van der Waals surface area contributed by atoms with Crippen molar-refractivity contribution in [2.75, 3.05) is 12.4 Å². The zero-order valence-corrected chi connectivity index (χ0v) is 20.2. The van der Waals surface area contributed by atoms with Crippen LogP contribution >= 0.6 is 0 Å². The second-order valence-electron chi connectivity index (χ2n) is 9.88. The van der Waals surface area contributed by atoms with Crippen LogP contribution in [0.25, 0.3) is 33.5 Å². The van der Waals surface area contributed by atoms with Gasteiger partial charge in [0.05, 0.1) is 24.2 Å². The Kier molecular flexibility index (Phi) is 5.78. The third kappa shape index (κ3) is 4.08. The van der Waals surface area contributed by atoms with E-state index < -0.39 is 23.5 Å². The molecule has 2 heterocycles. The number of aliphatic carboxylic acids is 1. The van der Waals surface area contributed by atoms with Crippen molar-refractivity contribution in [1.29, 1.82) is 0 Å². The SMILES string of the molecule is COc1ccccc1-c1cc(N[C@H]2C3CCC(CC3)[C@@H]2C(=O)O)nc(-c2c[nH]c3c(F)cc(F)cc23)n1. The van der Waals surface area contributed by atoms with E-state index in [1.807, 2.05) is 24.3 Å². The molecule has 2 bridgehead atoms. The van der Waals surface area contributed by atoms with E-state index in [0.29, 0.717) is 33.8 Å². The van der Waals surface area contributed by atoms with E-state index in [0.717, 1.165) is 31.7 Å². The molecule has 7 nitrogen and oxygen atoms in total. The van der Waals surface area contributed by atoms with Crippen LogP contribution in [0.1, 0.15) is 25.7 Å². The molecule has 3 aliphatic rings. The number of fused-ring (bicyclic) bond motifs is 4. The van der Waals surface area contributed by atoms with Gasteiger partial charge in [-0.25, -0.2) is 18.7 Å². The number of ether oxygens (including phenoxy) is 1. The predicted octanol–water partition coefficient (Wildman–Crippen LogP) is 5.88. The fraction of sp³-hybridized carbons (Fsp3) is 0.321. The smallest absolute Gasteiger partial charge is 0.308 e. The lowest BCUT2D eigenvalue weighted by atomic mass is 9.61. The molecule has 9 heteroatoms. The molecule has 0 aliphatic heterocycles. The Bertz CT molecular complexity index is 1500. The Labute approximate surface area is 211 Å². The van der Waals surface area contributed by atoms with Crippen molar-refractivity contribution in [3.63, 3.8) is 0 Å². The second-order valence-corrected chi connectivity index (χ2v) is 9.88. The van der Waals surface area contributed by atoms with Gasteiger partial charge >= 0.3 is 5.97 Å². The number of carboxylic acid groups (broad SMARTS) is 1. The van der Waals surface area contributed by atoms with Crippen LogP contribution in [0.3, 0.4) is 0 Å². The van der Waals surface area contributed by atoms with Crippen LogP contribution in [-0.4, -0.2) is 39.2 Å². The highest BCUT2D eigenvalue weighted by Crippen LogP contribution is 2.46. The minimum Gasteiger partial charge on any atom is -0.496 e. The number of halogens is 2. The number of hydrogen-bond donors (Lipinski definition) is 3. The summed E-state index contributed by atoms with van der Waals surface area (Å²) in [6.45, 7) is 0. The summed E-state index contributed by atoms with van der Waals surface area (Å²) in [6, 6.07) is 11.0. The first-order valence-electron chi connectivity index (χ1n) is 12.4. The summed E-state index contributed by atoms with van der Waals surface area (Å²) < 4.78 is 34.1. The first kappa shape index (κ1) is 23.4. The summed E-state index contributed by atoms with van der Waals surface area (Å²) in [4.78, 5) is 24.5. The van der Waals surface area contributed by atoms with Crippen LogP contribution in [0.15, 0.2) is 48.7 Å². The van der Waals surface area contributed by atoms with E-state index in [1.165, 1.54) is 6.07 Å². The monoisotopic (exact) mass is 504 g/mol. The van der Waals surface area contributed by atoms with Crippen LogP contribution in [0, 0.1) is 29.4 Å². The highest BCUT2D eigenvalue weighted by atomic mass is 19.1. The van der Waals surface area contributed by atoms with Crippen molar-refractivity contribution >= 4 is 22.7 Å². The first-order chi connectivity index (χ1) is 17.9. The molecule has 2 atom stereocenters. The zero-order chi connectivity index (χ0) is 25.7. The van der Waals surface area contributed by atoms with Crippen molar-refractivity contribution in [3.8, 4) is 28.4 Å². The Morgan fingerprint density at radius 2 is 1.81 bits per heavy atom. The maximum Gasteiger partial charge on any atom is 0.308 e. The quantitative estimate of drug-likeness (QED) is 0.303. The molecule has 2 aromatic carbocycles. The number of aromatic nitrogens is 3. The van der Waals surface area contributed by atoms with Gasteiger partial charge in [0, 0.05) is 40.9 Å². The van der Waals surface area contributed by atoms with Crippen molar-refractivity contribution in [2.45, 2.75) is 31.7 Å². The maximum atomic E-state index is 14.4. The van der Waals surface area contributed by atoms with Gasteiger partial charge < -0.3 is 20.1 Å². The average molecular weight is 505 g/mol. The van der Waals surface area contributed by atoms with Gasteiger partial charge in [0.1, 0.15) is 23.2 Å². The van der Waals surface area contributed by atoms with Crippen LogP contribution in [-0.2, 0) is 4.79 Å². The molecule has 0 radical (unpaired) electrons. The number of para-hydroxylation sites is 1. The Morgan fingerprint density at radius 3 is 2.57 bits per heavy atom. The van der Waals surface area contributed by atoms with Gasteiger partial charge in [0.15, 0.2) is 5.82 Å². The number of rotatable bonds is 6. The van der Waals surface area contributed by atoms with E-state index in [-0.39, 0.29) is 29.2 Å². The van der Waals surface area contributed by atoms with Crippen molar-refractivity contribution in [3.05, 3.63) is 60.3 Å². The summed E-state index contributed by atoms with van der Waals surface area (Å²) in [5.41, 5.74) is 1.86. The summed E-state index contributed by atoms with van der Waals surface area (Å²) in [5, 5.41) is 13.8. The Hall–Kier alpha value is -4.01. The number of carbonyl (C=O) groups is 1. The molecule has 3 N–H and O–H groups in total. The standard InChI is InChI=1S/C28H26F2N4O3/c1-37-22-5-3-2-4-17(22)21-12-23(33-25-15-8-6-14(7-9-15)24(25)28(35)36)34-27(32-21)19-13-31-26-18(19)10-16(29)11-20(26)30/h2-5,10-15,24-25,31H,6-9H2,1H3,(H,35,36)(H,32,33,34)/t14?,15?,24-,25-/m0/s1. The fourth-order valence-electron chi connectivity index (χ4n) is 6.16. The van der Waals surface area contributed by atoms with Crippen LogP contribution in [0.4, 0.5) is 14.6 Å². The number of nitrogens with one attached hydrogen (secondary N) is 2. The molecule has 7 rings (SSSR count). The number of carboxylic acids is 1. The Balaban J connectivity index is 1.50. The Morgan fingerprint density at radius 1 is 1.05 bits per heavy atom. The fourth-order valence-corrected chi connectivity index (χ4v) is 6.16. The van der Waals surface area contributed by atoms with Crippen molar-refractivity contribution < 1.29 is 23.4 Å². The number of anilines is 1. The van der Waals surface area contributed by atoms with Gasteiger partial charge in [-0.3, -0.25) is 4.79 Å². The topological polar surface area (TPSA) is 100 Å². The largest absolute Gasteiger partial charge is 0.496 e. The number of nitrogens with zero attached hydrogens (tertiary/aromatic N) is 2. The third-order valence-corrected chi connectivity index (χ3v) is 7.87. The van der Waals surface area contributed by atoms with Crippen LogP contribution in [0.5, 0.6) is 5.75 Å². The van der Waals surface area contributed by atoms with E-state index >= 15 is 0 Å². The summed E-state index contributed by atoms with van der Waals surface area (Å²) in [6.07, 6.45) is 5.36. The summed E-state index contributed by atoms with van der Waals surface area (Å²) in [7, 11) is 1.57. The number of hydrogen-bond acceptors (Lipinski definition) is 5. The number of H-pyrrole nitrogens is 1. The lowest BCUT2D eigenvalue weighted by molar-refractivity contribution is -0.148. The number of methoxy groups -OCH3 is 1. The van der Waals surface area contributed by atoms with Gasteiger partial charge in [-0.15, -0.1) is 0 Å². The summed E-state index contributed by atoms with van der Waals surface area (Å²) >= 11 is 0. The van der Waals surface area contributed by atoms with E-state index in [1.54, 1.807) is 19.4 Å². The van der Waals surface area contributed by atoms with Crippen molar-refractivity contribution in [1.82, 2.24) is 15.0 Å². The molecular formula is C28H26F2N4O3. The molecule has 4 aromatic rings. The lowest BCUT2D eigenvalue weighted by Gasteiger charge is -2.47. The predicted molar refractivity (Wildman–Crippen MR) is 135 cm³/mol. The molecule has 3 fully saturated rings. The van der Waals surface area contributed by atoms with E-state index in [2.05, 4.69) is 10.3 Å². The van der Waals surface area contributed by atoms with Gasteiger partial charge in [0.25, 0.3) is 0 Å². The highest BCUT2D eigenvalue weighted by Gasteiger charge is 2.47. The third-order valence-electron chi connectivity index (χ3n) is 7.87. The van der Waals surface area contributed by atoms with Crippen molar-refractivity contribution in [2.24, 2.45) is 17.8 Å². The van der Waals surface area contributed by atoms with E-state index in [4.69, 9.17) is 14.7 Å². The minimum atomic E-state index is -0.797. The number of aromatic amines is 1. The van der Waals surface area contributed by atoms with Crippen LogP contribution < -0.4 is 10.1 Å². The molecule has 0 saturated heterocycles. The molecule has 3 saturated carbocycles. The molecule has 37 heavy (non-hydrogen) atoms. The highest BCUT2D eigenvalue weighted by molar-refractivity contribution is 5.94. The lowest BCUT2D eigenvalue weighted by Crippen LogP contribution is -2.51. The molecule has 0 amide bonds.